The number of rotatable bonds is 7. The lowest BCUT2D eigenvalue weighted by Crippen LogP contribution is -2.11. The van der Waals surface area contributed by atoms with Crippen LogP contribution in [0.2, 0.25) is 0 Å². The molecule has 12 aromatic rings. The minimum atomic E-state index is 0.863. The molecule has 12 rings (SSSR count). The van der Waals surface area contributed by atoms with E-state index in [4.69, 9.17) is 4.42 Å². The van der Waals surface area contributed by atoms with Crippen molar-refractivity contribution in [3.05, 3.63) is 237 Å². The largest absolute Gasteiger partial charge is 0.455 e. The van der Waals surface area contributed by atoms with Crippen LogP contribution >= 0.6 is 0 Å². The summed E-state index contributed by atoms with van der Waals surface area (Å²) in [5.41, 5.74) is 14.3. The average molecular weight is 790 g/mol. The van der Waals surface area contributed by atoms with Gasteiger partial charge in [0.25, 0.3) is 0 Å². The molecule has 11 aromatic carbocycles. The number of nitrogens with zero attached hydrogens (tertiary/aromatic N) is 1. The third-order valence-corrected chi connectivity index (χ3v) is 12.5. The summed E-state index contributed by atoms with van der Waals surface area (Å²) in [6.07, 6.45) is 0. The highest BCUT2D eigenvalue weighted by atomic mass is 16.3. The summed E-state index contributed by atoms with van der Waals surface area (Å²) >= 11 is 0. The van der Waals surface area contributed by atoms with Crippen molar-refractivity contribution < 1.29 is 4.42 Å². The fourth-order valence-corrected chi connectivity index (χ4v) is 9.65. The van der Waals surface area contributed by atoms with Crippen molar-refractivity contribution in [2.24, 2.45) is 0 Å². The van der Waals surface area contributed by atoms with Gasteiger partial charge in [-0.3, -0.25) is 0 Å². The number of benzene rings is 11. The van der Waals surface area contributed by atoms with Crippen LogP contribution in [-0.4, -0.2) is 0 Å². The van der Waals surface area contributed by atoms with Gasteiger partial charge in [0.15, 0.2) is 0 Å². The standard InChI is InChI=1S/C60H39NO/c1-3-16-41(17-4-1)48-26-14-27-49(42-18-5-2-6-19-42)58(48)44-32-35-45(36-33-44)61(55-30-15-29-50-47-24-10-8-21-43(47)34-37-52(50)55)56-39-38-53(51-28-13-22-40-20-7-9-23-46(40)51)60-59(56)54-25-11-12-31-57(54)62-60/h1-39H. The van der Waals surface area contributed by atoms with Gasteiger partial charge >= 0.3 is 0 Å². The van der Waals surface area contributed by atoms with E-state index in [1.54, 1.807) is 0 Å². The van der Waals surface area contributed by atoms with Crippen LogP contribution in [0.3, 0.4) is 0 Å². The van der Waals surface area contributed by atoms with Gasteiger partial charge in [0.05, 0.1) is 16.8 Å². The van der Waals surface area contributed by atoms with E-state index in [0.717, 1.165) is 55.7 Å². The van der Waals surface area contributed by atoms with Gasteiger partial charge in [-0.2, -0.15) is 0 Å². The maximum atomic E-state index is 6.96. The second kappa shape index (κ2) is 14.8. The highest BCUT2D eigenvalue weighted by molar-refractivity contribution is 6.20. The zero-order valence-corrected chi connectivity index (χ0v) is 33.9. The Morgan fingerprint density at radius 2 is 0.855 bits per heavy atom. The average Bonchev–Trinajstić information content (AvgIpc) is 3.75. The second-order valence-corrected chi connectivity index (χ2v) is 16.0. The summed E-state index contributed by atoms with van der Waals surface area (Å²) < 4.78 is 6.96. The molecule has 0 bridgehead atoms. The Labute approximate surface area is 360 Å². The summed E-state index contributed by atoms with van der Waals surface area (Å²) in [5, 5.41) is 9.41. The van der Waals surface area contributed by atoms with Crippen LogP contribution in [0.15, 0.2) is 241 Å². The van der Waals surface area contributed by atoms with Crippen molar-refractivity contribution >= 4 is 71.3 Å². The van der Waals surface area contributed by atoms with Crippen molar-refractivity contribution in [2.75, 3.05) is 4.90 Å². The number of hydrogen-bond acceptors (Lipinski definition) is 2. The summed E-state index contributed by atoms with van der Waals surface area (Å²) in [4.78, 5) is 2.44. The van der Waals surface area contributed by atoms with Crippen molar-refractivity contribution in [2.45, 2.75) is 0 Å². The molecule has 1 aromatic heterocycles. The normalized spacial score (nSPS) is 11.5. The van der Waals surface area contributed by atoms with Gasteiger partial charge in [0.2, 0.25) is 0 Å². The molecule has 0 N–H and O–H groups in total. The lowest BCUT2D eigenvalue weighted by Gasteiger charge is -2.28. The van der Waals surface area contributed by atoms with Gasteiger partial charge in [-0.15, -0.1) is 0 Å². The summed E-state index contributed by atoms with van der Waals surface area (Å²) in [7, 11) is 0. The third-order valence-electron chi connectivity index (χ3n) is 12.5. The molecule has 2 heteroatoms. The van der Waals surface area contributed by atoms with Gasteiger partial charge in [0, 0.05) is 22.0 Å². The predicted octanol–water partition coefficient (Wildman–Crippen LogP) is 17.2. The topological polar surface area (TPSA) is 16.4 Å². The molecule has 0 amide bonds. The summed E-state index contributed by atoms with van der Waals surface area (Å²) in [5.74, 6) is 0. The van der Waals surface area contributed by atoms with E-state index in [0.29, 0.717) is 0 Å². The lowest BCUT2D eigenvalue weighted by molar-refractivity contribution is 0.670. The summed E-state index contributed by atoms with van der Waals surface area (Å²) in [6.45, 7) is 0. The molecule has 0 spiro atoms. The molecule has 0 fully saturated rings. The zero-order chi connectivity index (χ0) is 41.0. The first-order valence-corrected chi connectivity index (χ1v) is 21.3. The van der Waals surface area contributed by atoms with Crippen molar-refractivity contribution in [3.8, 4) is 44.5 Å². The lowest BCUT2D eigenvalue weighted by atomic mass is 9.87. The van der Waals surface area contributed by atoms with Gasteiger partial charge < -0.3 is 9.32 Å². The molecule has 0 aliphatic carbocycles. The van der Waals surface area contributed by atoms with Crippen molar-refractivity contribution in [1.29, 1.82) is 0 Å². The Bertz CT molecular complexity index is 3560. The SMILES string of the molecule is c1ccc(-c2cccc(-c3ccccc3)c2-c2ccc(N(c3cccc4c3ccc3ccccc34)c3ccc(-c4cccc5ccccc45)c4oc5ccccc5c34)cc2)cc1. The maximum Gasteiger partial charge on any atom is 0.145 e. The van der Waals surface area contributed by atoms with E-state index in [-0.39, 0.29) is 0 Å². The van der Waals surface area contributed by atoms with Crippen LogP contribution in [0.25, 0.3) is 98.8 Å². The first kappa shape index (κ1) is 35.7. The van der Waals surface area contributed by atoms with E-state index < -0.39 is 0 Å². The van der Waals surface area contributed by atoms with Crippen molar-refractivity contribution in [1.82, 2.24) is 0 Å². The molecule has 0 atom stereocenters. The van der Waals surface area contributed by atoms with Crippen LogP contribution in [0.5, 0.6) is 0 Å². The van der Waals surface area contributed by atoms with Crippen LogP contribution in [0, 0.1) is 0 Å². The Kier molecular flexibility index (Phi) is 8.53. The van der Waals surface area contributed by atoms with E-state index in [2.05, 4.69) is 241 Å². The number of furan rings is 1. The van der Waals surface area contributed by atoms with Gasteiger partial charge in [-0.1, -0.05) is 200 Å². The first-order valence-electron chi connectivity index (χ1n) is 21.3. The highest BCUT2D eigenvalue weighted by Gasteiger charge is 2.25. The maximum absolute atomic E-state index is 6.96. The minimum Gasteiger partial charge on any atom is -0.455 e. The van der Waals surface area contributed by atoms with Crippen LogP contribution in [0.1, 0.15) is 0 Å². The Morgan fingerprint density at radius 3 is 1.60 bits per heavy atom. The highest BCUT2D eigenvalue weighted by Crippen LogP contribution is 2.49. The molecule has 0 radical (unpaired) electrons. The van der Waals surface area contributed by atoms with E-state index >= 15 is 0 Å². The van der Waals surface area contributed by atoms with E-state index in [1.165, 1.54) is 60.1 Å². The molecule has 0 aliphatic rings. The van der Waals surface area contributed by atoms with Gasteiger partial charge in [-0.25, -0.2) is 0 Å². The molecular weight excluding hydrogens is 751 g/mol. The van der Waals surface area contributed by atoms with Gasteiger partial charge in [-0.05, 0) is 102 Å². The number of para-hydroxylation sites is 1. The Morgan fingerprint density at radius 1 is 0.290 bits per heavy atom. The second-order valence-electron chi connectivity index (χ2n) is 16.0. The number of anilines is 3. The predicted molar refractivity (Wildman–Crippen MR) is 263 cm³/mol. The molecule has 0 saturated carbocycles. The first-order chi connectivity index (χ1) is 30.8. The molecule has 0 unspecified atom stereocenters. The molecule has 1 heterocycles. The number of hydrogen-bond donors (Lipinski definition) is 0. The minimum absolute atomic E-state index is 0.863. The Balaban J connectivity index is 1.12. The van der Waals surface area contributed by atoms with E-state index in [1.807, 2.05) is 0 Å². The fourth-order valence-electron chi connectivity index (χ4n) is 9.65. The van der Waals surface area contributed by atoms with Crippen molar-refractivity contribution in [3.63, 3.8) is 0 Å². The number of fused-ring (bicyclic) bond motifs is 7. The zero-order valence-electron chi connectivity index (χ0n) is 33.9. The molecular formula is C60H39NO. The summed E-state index contributed by atoms with van der Waals surface area (Å²) in [6, 6.07) is 85.4. The fraction of sp³-hybridized carbons (Fsp3) is 0. The Hall–Kier alpha value is -8.20. The monoisotopic (exact) mass is 789 g/mol. The van der Waals surface area contributed by atoms with Crippen LogP contribution in [-0.2, 0) is 0 Å². The molecule has 2 nitrogen and oxygen atoms in total. The van der Waals surface area contributed by atoms with E-state index in [9.17, 15) is 0 Å². The molecule has 290 valence electrons. The van der Waals surface area contributed by atoms with Crippen LogP contribution < -0.4 is 4.90 Å². The van der Waals surface area contributed by atoms with Crippen LogP contribution in [0.4, 0.5) is 17.1 Å². The quantitative estimate of drug-likeness (QED) is 0.150. The molecule has 0 aliphatic heterocycles. The molecule has 62 heavy (non-hydrogen) atoms. The molecule has 0 saturated heterocycles. The van der Waals surface area contributed by atoms with Gasteiger partial charge in [0.1, 0.15) is 11.2 Å². The third kappa shape index (κ3) is 5.88. The smallest absolute Gasteiger partial charge is 0.145 e.